The second-order valence-corrected chi connectivity index (χ2v) is 9.13. The number of anilines is 2. The van der Waals surface area contributed by atoms with Crippen molar-refractivity contribution < 1.29 is 31.1 Å². The molecule has 4 rings (SSSR count). The highest BCUT2D eigenvalue weighted by molar-refractivity contribution is 5.87. The minimum atomic E-state index is -4.88. The van der Waals surface area contributed by atoms with E-state index in [-0.39, 0.29) is 41.0 Å². The van der Waals surface area contributed by atoms with Crippen molar-refractivity contribution in [1.29, 1.82) is 0 Å². The van der Waals surface area contributed by atoms with Crippen LogP contribution < -0.4 is 16.8 Å². The van der Waals surface area contributed by atoms with Crippen molar-refractivity contribution in [3.05, 3.63) is 65.6 Å². The summed E-state index contributed by atoms with van der Waals surface area (Å²) < 4.78 is 85.4. The predicted octanol–water partition coefficient (Wildman–Crippen LogP) is 4.72. The van der Waals surface area contributed by atoms with Crippen LogP contribution in [0.15, 0.2) is 54.3 Å². The summed E-state index contributed by atoms with van der Waals surface area (Å²) in [4.78, 5) is 18.2. The zero-order valence-corrected chi connectivity index (χ0v) is 21.2. The number of rotatable bonds is 8. The van der Waals surface area contributed by atoms with Gasteiger partial charge in [0.15, 0.2) is 11.5 Å². The Hall–Kier alpha value is -4.14. The molecule has 40 heavy (non-hydrogen) atoms. The summed E-state index contributed by atoms with van der Waals surface area (Å²) >= 11 is 0. The minimum Gasteiger partial charge on any atom is -0.479 e. The molecule has 0 spiro atoms. The van der Waals surface area contributed by atoms with Crippen LogP contribution in [0.25, 0.3) is 16.9 Å². The smallest absolute Gasteiger partial charge is 0.418 e. The highest BCUT2D eigenvalue weighted by Gasteiger charge is 2.36. The van der Waals surface area contributed by atoms with Gasteiger partial charge < -0.3 is 26.4 Å². The Morgan fingerprint density at radius 2 is 1.88 bits per heavy atom. The molecular weight excluding hydrogens is 542 g/mol. The molecular formula is C25H26F6N8O. The number of allylic oxidation sites excluding steroid dienone is 2. The fraction of sp³-hybridized carbons (Fsp3) is 0.360. The molecule has 3 aromatic rings. The van der Waals surface area contributed by atoms with Crippen LogP contribution in [0.2, 0.25) is 0 Å². The molecule has 0 aromatic carbocycles. The van der Waals surface area contributed by atoms with Crippen LogP contribution in [0, 0.1) is 0 Å². The third-order valence-electron chi connectivity index (χ3n) is 6.35. The van der Waals surface area contributed by atoms with Crippen LogP contribution in [0.4, 0.5) is 37.8 Å². The van der Waals surface area contributed by atoms with Gasteiger partial charge in [0.1, 0.15) is 17.0 Å². The van der Waals surface area contributed by atoms with E-state index in [4.69, 9.17) is 16.2 Å². The SMILES string of the molecule is CN1CCCC1CCO/C(N)=C/C(=C(\N)c1cnc2c(Nc3ccc(C(F)(F)F)cn3)ccnc2n1)C(F)(F)F. The molecule has 1 aliphatic heterocycles. The summed E-state index contributed by atoms with van der Waals surface area (Å²) in [6.07, 6.45) is -3.18. The van der Waals surface area contributed by atoms with Crippen LogP contribution in [0.3, 0.4) is 0 Å². The number of aromatic nitrogens is 4. The average Bonchev–Trinajstić information content (AvgIpc) is 3.30. The van der Waals surface area contributed by atoms with E-state index in [2.05, 4.69) is 30.2 Å². The van der Waals surface area contributed by atoms with Crippen molar-refractivity contribution >= 4 is 28.4 Å². The van der Waals surface area contributed by atoms with Crippen molar-refractivity contribution in [2.75, 3.05) is 25.5 Å². The van der Waals surface area contributed by atoms with E-state index in [1.807, 2.05) is 7.05 Å². The molecule has 1 atom stereocenters. The zero-order chi connectivity index (χ0) is 29.1. The second-order valence-electron chi connectivity index (χ2n) is 9.13. The third-order valence-corrected chi connectivity index (χ3v) is 6.35. The number of nitrogens with zero attached hydrogens (tertiary/aromatic N) is 5. The third kappa shape index (κ3) is 6.89. The number of hydrogen-bond donors (Lipinski definition) is 3. The van der Waals surface area contributed by atoms with Gasteiger partial charge in [0.05, 0.1) is 35.3 Å². The van der Waals surface area contributed by atoms with Crippen LogP contribution in [-0.2, 0) is 10.9 Å². The van der Waals surface area contributed by atoms with Crippen molar-refractivity contribution in [1.82, 2.24) is 24.8 Å². The van der Waals surface area contributed by atoms with Crippen LogP contribution in [0.5, 0.6) is 0 Å². The van der Waals surface area contributed by atoms with E-state index in [1.54, 1.807) is 0 Å². The quantitative estimate of drug-likeness (QED) is 0.201. The summed E-state index contributed by atoms with van der Waals surface area (Å²) in [6.45, 7) is 1.10. The van der Waals surface area contributed by atoms with E-state index in [9.17, 15) is 26.3 Å². The summed E-state index contributed by atoms with van der Waals surface area (Å²) in [5.41, 5.74) is 8.69. The van der Waals surface area contributed by atoms with Crippen molar-refractivity contribution in [3.8, 4) is 0 Å². The van der Waals surface area contributed by atoms with Gasteiger partial charge in [-0.2, -0.15) is 26.3 Å². The molecule has 1 unspecified atom stereocenters. The molecule has 15 heteroatoms. The van der Waals surface area contributed by atoms with E-state index >= 15 is 0 Å². The normalized spacial score (nSPS) is 17.7. The molecule has 4 heterocycles. The maximum Gasteiger partial charge on any atom is 0.418 e. The molecule has 0 radical (unpaired) electrons. The van der Waals surface area contributed by atoms with E-state index in [0.29, 0.717) is 18.7 Å². The first-order valence-electron chi connectivity index (χ1n) is 12.1. The van der Waals surface area contributed by atoms with E-state index < -0.39 is 35.1 Å². The number of nitrogens with two attached hydrogens (primary N) is 2. The Kier molecular flexibility index (Phi) is 8.32. The Bertz CT molecular complexity index is 1410. The maximum absolute atomic E-state index is 13.9. The molecule has 1 saturated heterocycles. The first-order chi connectivity index (χ1) is 18.8. The molecule has 1 aliphatic rings. The van der Waals surface area contributed by atoms with Gasteiger partial charge in [-0.25, -0.2) is 19.9 Å². The summed E-state index contributed by atoms with van der Waals surface area (Å²) in [5, 5.41) is 2.80. The largest absolute Gasteiger partial charge is 0.479 e. The number of nitrogens with one attached hydrogen (secondary N) is 1. The van der Waals surface area contributed by atoms with Gasteiger partial charge in [-0.3, -0.25) is 0 Å². The highest BCUT2D eigenvalue weighted by Crippen LogP contribution is 2.33. The van der Waals surface area contributed by atoms with Crippen LogP contribution in [-0.4, -0.2) is 57.3 Å². The maximum atomic E-state index is 13.9. The molecule has 0 saturated carbocycles. The Morgan fingerprint density at radius 3 is 2.50 bits per heavy atom. The lowest BCUT2D eigenvalue weighted by Gasteiger charge is -2.19. The minimum absolute atomic E-state index is 0.0622. The Morgan fingerprint density at radius 1 is 1.10 bits per heavy atom. The van der Waals surface area contributed by atoms with E-state index in [0.717, 1.165) is 37.7 Å². The Balaban J connectivity index is 1.56. The van der Waals surface area contributed by atoms with Crippen LogP contribution >= 0.6 is 0 Å². The molecule has 3 aromatic heterocycles. The standard InChI is InChI=1S/C25H26F6N8O/c1-39-9-2-3-15(39)7-10-40-19(32)11-16(25(29,30)31)21(33)18-13-36-22-17(6-8-34-23(22)38-18)37-20-5-4-14(12-35-20)24(26,27)28/h4-6,8,11-13,15H,2-3,7,9-10,32-33H2,1H3,(H,34,35,37,38)/b19-11+,21-16+. The number of fused-ring (bicyclic) bond motifs is 1. The monoisotopic (exact) mass is 568 g/mol. The molecule has 1 fully saturated rings. The Labute approximate surface area is 225 Å². The first kappa shape index (κ1) is 28.9. The summed E-state index contributed by atoms with van der Waals surface area (Å²) in [7, 11) is 1.98. The van der Waals surface area contributed by atoms with Gasteiger partial charge in [-0.1, -0.05) is 0 Å². The number of likely N-dealkylation sites (tertiary alicyclic amines) is 1. The number of pyridine rings is 2. The molecule has 0 bridgehead atoms. The summed E-state index contributed by atoms with van der Waals surface area (Å²) in [6, 6.07) is 3.71. The number of halogens is 6. The van der Waals surface area contributed by atoms with Gasteiger partial charge in [-0.05, 0) is 51.1 Å². The van der Waals surface area contributed by atoms with Gasteiger partial charge in [0.2, 0.25) is 0 Å². The lowest BCUT2D eigenvalue weighted by Crippen LogP contribution is -2.26. The molecule has 9 nitrogen and oxygen atoms in total. The first-order valence-corrected chi connectivity index (χ1v) is 12.1. The zero-order valence-electron chi connectivity index (χ0n) is 21.2. The van der Waals surface area contributed by atoms with Crippen molar-refractivity contribution in [3.63, 3.8) is 0 Å². The molecule has 5 N–H and O–H groups in total. The number of alkyl halides is 6. The summed E-state index contributed by atoms with van der Waals surface area (Å²) in [5.74, 6) is -0.372. The fourth-order valence-corrected chi connectivity index (χ4v) is 4.22. The van der Waals surface area contributed by atoms with Gasteiger partial charge in [-0.15, -0.1) is 0 Å². The predicted molar refractivity (Wildman–Crippen MR) is 136 cm³/mol. The molecule has 0 aliphatic carbocycles. The lowest BCUT2D eigenvalue weighted by atomic mass is 10.1. The molecule has 0 amide bonds. The van der Waals surface area contributed by atoms with E-state index in [1.165, 1.54) is 12.3 Å². The van der Waals surface area contributed by atoms with Gasteiger partial charge in [0, 0.05) is 24.5 Å². The number of ether oxygens (including phenoxy) is 1. The fourth-order valence-electron chi connectivity index (χ4n) is 4.22. The second kappa shape index (κ2) is 11.5. The average molecular weight is 569 g/mol. The van der Waals surface area contributed by atoms with Crippen molar-refractivity contribution in [2.45, 2.75) is 37.7 Å². The lowest BCUT2D eigenvalue weighted by molar-refractivity contribution is -0.137. The number of hydrogen-bond acceptors (Lipinski definition) is 9. The van der Waals surface area contributed by atoms with Gasteiger partial charge >= 0.3 is 12.4 Å². The highest BCUT2D eigenvalue weighted by atomic mass is 19.4. The topological polar surface area (TPSA) is 128 Å². The molecule has 214 valence electrons. The van der Waals surface area contributed by atoms with Crippen molar-refractivity contribution in [2.24, 2.45) is 11.5 Å². The van der Waals surface area contributed by atoms with Gasteiger partial charge in [0.25, 0.3) is 0 Å². The van der Waals surface area contributed by atoms with Crippen LogP contribution in [0.1, 0.15) is 30.5 Å².